The third kappa shape index (κ3) is 2.66. The third-order valence-corrected chi connectivity index (χ3v) is 4.25. The highest BCUT2D eigenvalue weighted by Crippen LogP contribution is 2.29. The van der Waals surface area contributed by atoms with Crippen molar-refractivity contribution in [2.75, 3.05) is 18.0 Å². The second kappa shape index (κ2) is 5.75. The first-order valence-electron chi connectivity index (χ1n) is 7.44. The highest BCUT2D eigenvalue weighted by Gasteiger charge is 2.27. The number of anilines is 1. The summed E-state index contributed by atoms with van der Waals surface area (Å²) in [5.41, 5.74) is 7.91. The zero-order valence-electron chi connectivity index (χ0n) is 12.8. The van der Waals surface area contributed by atoms with Gasteiger partial charge >= 0.3 is 0 Å². The molecule has 1 amide bonds. The normalized spacial score (nSPS) is 18.5. The van der Waals surface area contributed by atoms with E-state index in [1.54, 1.807) is 0 Å². The number of rotatable bonds is 3. The quantitative estimate of drug-likeness (QED) is 0.889. The molecule has 3 heterocycles. The van der Waals surface area contributed by atoms with Gasteiger partial charge in [-0.15, -0.1) is 0 Å². The Morgan fingerprint density at radius 1 is 1.45 bits per heavy atom. The van der Waals surface area contributed by atoms with Gasteiger partial charge in [0, 0.05) is 24.7 Å². The van der Waals surface area contributed by atoms with E-state index < -0.39 is 5.91 Å². The number of aromatic nitrogens is 4. The minimum absolute atomic E-state index is 0.264. The number of piperidine rings is 1. The Morgan fingerprint density at radius 3 is 2.95 bits per heavy atom. The van der Waals surface area contributed by atoms with E-state index in [1.807, 2.05) is 19.9 Å². The Hall–Kier alpha value is -2.44. The molecule has 0 radical (unpaired) electrons. The molecule has 1 fully saturated rings. The van der Waals surface area contributed by atoms with Gasteiger partial charge in [0.2, 0.25) is 0 Å². The van der Waals surface area contributed by atoms with Crippen molar-refractivity contribution in [3.8, 4) is 0 Å². The van der Waals surface area contributed by atoms with E-state index in [2.05, 4.69) is 25.1 Å². The van der Waals surface area contributed by atoms with Crippen molar-refractivity contribution < 1.29 is 4.79 Å². The molecule has 0 spiro atoms. The average molecular weight is 300 g/mol. The monoisotopic (exact) mass is 300 g/mol. The predicted octanol–water partition coefficient (Wildman–Crippen LogP) is 1.30. The van der Waals surface area contributed by atoms with Gasteiger partial charge in [-0.2, -0.15) is 5.10 Å². The van der Waals surface area contributed by atoms with E-state index >= 15 is 0 Å². The zero-order chi connectivity index (χ0) is 15.7. The van der Waals surface area contributed by atoms with Gasteiger partial charge in [0.15, 0.2) is 0 Å². The van der Waals surface area contributed by atoms with Crippen LogP contribution in [0.2, 0.25) is 0 Å². The SMILES string of the molecule is Cc1cc(C(N)=O)c(N2CCCC(c3ncn[nH]3)C2)nc1C. The Balaban J connectivity index is 1.93. The Labute approximate surface area is 129 Å². The molecule has 0 aliphatic carbocycles. The Bertz CT molecular complexity index is 682. The number of H-pyrrole nitrogens is 1. The smallest absolute Gasteiger partial charge is 0.252 e. The molecule has 22 heavy (non-hydrogen) atoms. The summed E-state index contributed by atoms with van der Waals surface area (Å²) in [4.78, 5) is 22.8. The van der Waals surface area contributed by atoms with Crippen LogP contribution in [0.3, 0.4) is 0 Å². The molecular weight excluding hydrogens is 280 g/mol. The van der Waals surface area contributed by atoms with Gasteiger partial charge in [0.05, 0.1) is 5.56 Å². The number of nitrogens with one attached hydrogen (secondary N) is 1. The fourth-order valence-electron chi connectivity index (χ4n) is 2.92. The standard InChI is InChI=1S/C15H20N6O/c1-9-6-12(13(16)22)15(19-10(9)2)21-5-3-4-11(7-21)14-17-8-18-20-14/h6,8,11H,3-5,7H2,1-2H3,(H2,16,22)(H,17,18,20). The first kappa shape index (κ1) is 14.5. The number of aromatic amines is 1. The zero-order valence-corrected chi connectivity index (χ0v) is 12.8. The summed E-state index contributed by atoms with van der Waals surface area (Å²) >= 11 is 0. The number of aryl methyl sites for hydroxylation is 2. The molecule has 1 aliphatic heterocycles. The van der Waals surface area contributed by atoms with Crippen LogP contribution < -0.4 is 10.6 Å². The van der Waals surface area contributed by atoms with Crippen LogP contribution in [-0.2, 0) is 0 Å². The summed E-state index contributed by atoms with van der Waals surface area (Å²) in [6, 6.07) is 1.83. The fourth-order valence-corrected chi connectivity index (χ4v) is 2.92. The lowest BCUT2D eigenvalue weighted by Crippen LogP contribution is -2.37. The molecule has 3 N–H and O–H groups in total. The molecule has 0 bridgehead atoms. The van der Waals surface area contributed by atoms with Crippen molar-refractivity contribution in [3.63, 3.8) is 0 Å². The van der Waals surface area contributed by atoms with Gasteiger partial charge in [-0.25, -0.2) is 9.97 Å². The molecule has 0 aromatic carbocycles. The number of nitrogens with two attached hydrogens (primary N) is 1. The summed E-state index contributed by atoms with van der Waals surface area (Å²) in [5, 5.41) is 6.86. The summed E-state index contributed by atoms with van der Waals surface area (Å²) in [5.74, 6) is 1.39. The van der Waals surface area contributed by atoms with Crippen LogP contribution in [0.25, 0.3) is 0 Å². The number of nitrogens with zero attached hydrogens (tertiary/aromatic N) is 4. The Morgan fingerprint density at radius 2 is 2.27 bits per heavy atom. The van der Waals surface area contributed by atoms with E-state index in [0.29, 0.717) is 11.4 Å². The number of hydrogen-bond acceptors (Lipinski definition) is 5. The maximum atomic E-state index is 11.8. The van der Waals surface area contributed by atoms with Crippen molar-refractivity contribution in [1.29, 1.82) is 0 Å². The molecule has 7 nitrogen and oxygen atoms in total. The van der Waals surface area contributed by atoms with E-state index in [9.17, 15) is 4.79 Å². The van der Waals surface area contributed by atoms with E-state index in [1.165, 1.54) is 6.33 Å². The van der Waals surface area contributed by atoms with Crippen LogP contribution >= 0.6 is 0 Å². The summed E-state index contributed by atoms with van der Waals surface area (Å²) in [6.45, 7) is 5.50. The highest BCUT2D eigenvalue weighted by molar-refractivity contribution is 5.98. The molecule has 1 aliphatic rings. The third-order valence-electron chi connectivity index (χ3n) is 4.25. The van der Waals surface area contributed by atoms with Gasteiger partial charge in [-0.1, -0.05) is 0 Å². The predicted molar refractivity (Wildman–Crippen MR) is 82.8 cm³/mol. The number of carbonyl (C=O) groups excluding carboxylic acids is 1. The average Bonchev–Trinajstić information content (AvgIpc) is 3.04. The largest absolute Gasteiger partial charge is 0.365 e. The minimum atomic E-state index is -0.438. The van der Waals surface area contributed by atoms with Crippen LogP contribution in [-0.4, -0.2) is 39.2 Å². The molecule has 1 unspecified atom stereocenters. The lowest BCUT2D eigenvalue weighted by atomic mass is 9.96. The number of pyridine rings is 1. The topological polar surface area (TPSA) is 101 Å². The van der Waals surface area contributed by atoms with Crippen molar-refractivity contribution in [2.45, 2.75) is 32.6 Å². The number of amides is 1. The number of primary amides is 1. The van der Waals surface area contributed by atoms with Crippen LogP contribution in [0.4, 0.5) is 5.82 Å². The maximum Gasteiger partial charge on any atom is 0.252 e. The van der Waals surface area contributed by atoms with E-state index in [0.717, 1.165) is 43.0 Å². The molecule has 1 saturated heterocycles. The summed E-state index contributed by atoms with van der Waals surface area (Å²) in [6.07, 6.45) is 3.58. The lowest BCUT2D eigenvalue weighted by molar-refractivity contribution is 0.1000. The molecule has 7 heteroatoms. The first-order chi connectivity index (χ1) is 10.6. The molecular formula is C15H20N6O. The molecule has 2 aromatic heterocycles. The fraction of sp³-hybridized carbons (Fsp3) is 0.467. The van der Waals surface area contributed by atoms with Gasteiger partial charge < -0.3 is 10.6 Å². The molecule has 116 valence electrons. The molecule has 1 atom stereocenters. The van der Waals surface area contributed by atoms with Crippen molar-refractivity contribution in [3.05, 3.63) is 35.0 Å². The molecule has 2 aromatic rings. The summed E-state index contributed by atoms with van der Waals surface area (Å²) in [7, 11) is 0. The maximum absolute atomic E-state index is 11.8. The van der Waals surface area contributed by atoms with Crippen molar-refractivity contribution in [1.82, 2.24) is 20.2 Å². The highest BCUT2D eigenvalue weighted by atomic mass is 16.1. The van der Waals surface area contributed by atoms with Gasteiger partial charge in [0.1, 0.15) is 18.0 Å². The number of hydrogen-bond donors (Lipinski definition) is 2. The van der Waals surface area contributed by atoms with Gasteiger partial charge in [-0.05, 0) is 38.3 Å². The van der Waals surface area contributed by atoms with Crippen LogP contribution in [0, 0.1) is 13.8 Å². The van der Waals surface area contributed by atoms with Crippen LogP contribution in [0.1, 0.15) is 46.2 Å². The van der Waals surface area contributed by atoms with Gasteiger partial charge in [0.25, 0.3) is 5.91 Å². The van der Waals surface area contributed by atoms with E-state index in [-0.39, 0.29) is 5.92 Å². The second-order valence-corrected chi connectivity index (χ2v) is 5.78. The minimum Gasteiger partial charge on any atom is -0.365 e. The van der Waals surface area contributed by atoms with E-state index in [4.69, 9.17) is 5.73 Å². The second-order valence-electron chi connectivity index (χ2n) is 5.78. The molecule has 0 saturated carbocycles. The lowest BCUT2D eigenvalue weighted by Gasteiger charge is -2.33. The summed E-state index contributed by atoms with van der Waals surface area (Å²) < 4.78 is 0. The Kier molecular flexibility index (Phi) is 3.79. The van der Waals surface area contributed by atoms with Crippen molar-refractivity contribution >= 4 is 11.7 Å². The first-order valence-corrected chi connectivity index (χ1v) is 7.44. The van der Waals surface area contributed by atoms with Crippen LogP contribution in [0.5, 0.6) is 0 Å². The van der Waals surface area contributed by atoms with Crippen molar-refractivity contribution in [2.24, 2.45) is 5.73 Å². The number of carbonyl (C=O) groups is 1. The van der Waals surface area contributed by atoms with Gasteiger partial charge in [-0.3, -0.25) is 9.89 Å². The molecule has 3 rings (SSSR count). The van der Waals surface area contributed by atoms with Crippen LogP contribution in [0.15, 0.2) is 12.4 Å².